The SMILES string of the molecule is COc1ccc(Cl)cc1NC(=O)c1ccc2c(c1)N(C)[C@@H]1CCCN1C2=O. The van der Waals surface area contributed by atoms with E-state index < -0.39 is 0 Å². The molecule has 1 fully saturated rings. The minimum Gasteiger partial charge on any atom is -0.495 e. The molecule has 7 heteroatoms. The highest BCUT2D eigenvalue weighted by molar-refractivity contribution is 6.31. The van der Waals surface area contributed by atoms with Crippen molar-refractivity contribution in [2.45, 2.75) is 19.0 Å². The van der Waals surface area contributed by atoms with Crippen molar-refractivity contribution >= 4 is 34.8 Å². The molecule has 2 amide bonds. The van der Waals surface area contributed by atoms with Crippen LogP contribution >= 0.6 is 11.6 Å². The smallest absolute Gasteiger partial charge is 0.257 e. The molecule has 2 aliphatic heterocycles. The van der Waals surface area contributed by atoms with Gasteiger partial charge in [-0.25, -0.2) is 0 Å². The Bertz CT molecular complexity index is 931. The lowest BCUT2D eigenvalue weighted by molar-refractivity contribution is 0.0719. The van der Waals surface area contributed by atoms with Crippen molar-refractivity contribution < 1.29 is 14.3 Å². The first kappa shape index (κ1) is 17.7. The predicted molar refractivity (Wildman–Crippen MR) is 105 cm³/mol. The van der Waals surface area contributed by atoms with Crippen molar-refractivity contribution in [3.05, 3.63) is 52.5 Å². The second-order valence-corrected chi connectivity index (χ2v) is 7.20. The Hall–Kier alpha value is -2.73. The number of carbonyl (C=O) groups excluding carboxylic acids is 2. The lowest BCUT2D eigenvalue weighted by Crippen LogP contribution is -2.50. The van der Waals surface area contributed by atoms with Gasteiger partial charge in [0.1, 0.15) is 11.9 Å². The third-order valence-corrected chi connectivity index (χ3v) is 5.44. The van der Waals surface area contributed by atoms with Crippen LogP contribution in [0, 0.1) is 0 Å². The second kappa shape index (κ2) is 6.78. The fourth-order valence-corrected chi connectivity index (χ4v) is 3.99. The number of nitrogens with zero attached hydrogens (tertiary/aromatic N) is 2. The molecule has 0 aliphatic carbocycles. The van der Waals surface area contributed by atoms with Gasteiger partial charge in [-0.05, 0) is 49.2 Å². The minimum absolute atomic E-state index is 0.0362. The van der Waals surface area contributed by atoms with Crippen molar-refractivity contribution in [2.24, 2.45) is 0 Å². The van der Waals surface area contributed by atoms with Crippen LogP contribution in [0.1, 0.15) is 33.6 Å². The Morgan fingerprint density at radius 3 is 2.85 bits per heavy atom. The summed E-state index contributed by atoms with van der Waals surface area (Å²) in [5, 5.41) is 3.34. The molecule has 140 valence electrons. The highest BCUT2D eigenvalue weighted by atomic mass is 35.5. The quantitative estimate of drug-likeness (QED) is 0.876. The normalized spacial score (nSPS) is 18.2. The van der Waals surface area contributed by atoms with Gasteiger partial charge < -0.3 is 19.9 Å². The molecule has 2 heterocycles. The van der Waals surface area contributed by atoms with E-state index in [1.807, 2.05) is 11.9 Å². The first-order valence-corrected chi connectivity index (χ1v) is 9.20. The number of nitrogens with one attached hydrogen (secondary N) is 1. The lowest BCUT2D eigenvalue weighted by atomic mass is 10.0. The Kier molecular flexibility index (Phi) is 4.44. The molecule has 2 aliphatic rings. The molecule has 2 aromatic rings. The van der Waals surface area contributed by atoms with Crippen LogP contribution < -0.4 is 15.0 Å². The first-order chi connectivity index (χ1) is 13.0. The maximum atomic E-state index is 12.8. The number of benzene rings is 2. The van der Waals surface area contributed by atoms with Crippen LogP contribution in [0.2, 0.25) is 5.02 Å². The summed E-state index contributed by atoms with van der Waals surface area (Å²) in [5.41, 5.74) is 2.39. The van der Waals surface area contributed by atoms with Gasteiger partial charge in [-0.3, -0.25) is 9.59 Å². The van der Waals surface area contributed by atoms with E-state index in [4.69, 9.17) is 16.3 Å². The molecule has 0 unspecified atom stereocenters. The zero-order valence-corrected chi connectivity index (χ0v) is 15.9. The van der Waals surface area contributed by atoms with Gasteiger partial charge in [0.15, 0.2) is 0 Å². The number of amides is 2. The largest absolute Gasteiger partial charge is 0.495 e. The lowest BCUT2D eigenvalue weighted by Gasteiger charge is -2.40. The van der Waals surface area contributed by atoms with E-state index in [1.54, 1.807) is 36.4 Å². The average molecular weight is 386 g/mol. The van der Waals surface area contributed by atoms with Gasteiger partial charge in [0, 0.05) is 24.2 Å². The predicted octanol–water partition coefficient (Wildman–Crippen LogP) is 3.61. The number of ether oxygens (including phenoxy) is 1. The van der Waals surface area contributed by atoms with E-state index in [0.717, 1.165) is 25.1 Å². The average Bonchev–Trinajstić information content (AvgIpc) is 3.16. The zero-order chi connectivity index (χ0) is 19.1. The molecule has 1 N–H and O–H groups in total. The standard InChI is InChI=1S/C20H20ClN3O3/c1-23-16-10-12(5-7-14(16)20(26)24-9-3-4-18(23)24)19(25)22-15-11-13(21)6-8-17(15)27-2/h5-8,10-11,18H,3-4,9H2,1-2H3,(H,22,25)/t18-/m0/s1. The minimum atomic E-state index is -0.284. The van der Waals surface area contributed by atoms with Crippen LogP contribution in [-0.2, 0) is 0 Å². The van der Waals surface area contributed by atoms with Crippen molar-refractivity contribution in [3.8, 4) is 5.75 Å². The van der Waals surface area contributed by atoms with Gasteiger partial charge in [0.25, 0.3) is 11.8 Å². The van der Waals surface area contributed by atoms with Gasteiger partial charge in [-0.1, -0.05) is 11.6 Å². The van der Waals surface area contributed by atoms with Crippen LogP contribution in [0.5, 0.6) is 5.75 Å². The fraction of sp³-hybridized carbons (Fsp3) is 0.300. The summed E-state index contributed by atoms with van der Waals surface area (Å²) in [5.74, 6) is 0.279. The number of halogens is 1. The summed E-state index contributed by atoms with van der Waals surface area (Å²) >= 11 is 6.03. The summed E-state index contributed by atoms with van der Waals surface area (Å²) in [7, 11) is 3.50. The number of rotatable bonds is 3. The first-order valence-electron chi connectivity index (χ1n) is 8.82. The van der Waals surface area contributed by atoms with Crippen molar-refractivity contribution in [1.82, 2.24) is 4.90 Å². The molecule has 0 aromatic heterocycles. The molecule has 1 saturated heterocycles. The number of hydrogen-bond acceptors (Lipinski definition) is 4. The number of anilines is 2. The molecular weight excluding hydrogens is 366 g/mol. The molecule has 1 atom stereocenters. The van der Waals surface area contributed by atoms with Gasteiger partial charge >= 0.3 is 0 Å². The highest BCUT2D eigenvalue weighted by Gasteiger charge is 2.38. The van der Waals surface area contributed by atoms with E-state index in [2.05, 4.69) is 10.2 Å². The monoisotopic (exact) mass is 385 g/mol. The van der Waals surface area contributed by atoms with E-state index >= 15 is 0 Å². The Morgan fingerprint density at radius 2 is 2.07 bits per heavy atom. The van der Waals surface area contributed by atoms with Gasteiger partial charge in [-0.2, -0.15) is 0 Å². The number of hydrogen-bond donors (Lipinski definition) is 1. The van der Waals surface area contributed by atoms with Crippen LogP contribution in [0.25, 0.3) is 0 Å². The van der Waals surface area contributed by atoms with Crippen LogP contribution in [0.3, 0.4) is 0 Å². The Morgan fingerprint density at radius 1 is 1.26 bits per heavy atom. The molecule has 27 heavy (non-hydrogen) atoms. The third-order valence-electron chi connectivity index (χ3n) is 5.21. The van der Waals surface area contributed by atoms with Crippen LogP contribution in [-0.4, -0.2) is 43.6 Å². The van der Waals surface area contributed by atoms with Crippen LogP contribution in [0.4, 0.5) is 11.4 Å². The molecule has 0 spiro atoms. The van der Waals surface area contributed by atoms with Crippen molar-refractivity contribution in [3.63, 3.8) is 0 Å². The summed E-state index contributed by atoms with van der Waals surface area (Å²) in [4.78, 5) is 29.5. The Labute approximate surface area is 162 Å². The van der Waals surface area contributed by atoms with Gasteiger partial charge in [-0.15, -0.1) is 0 Å². The number of fused-ring (bicyclic) bond motifs is 2. The molecule has 0 radical (unpaired) electrons. The highest BCUT2D eigenvalue weighted by Crippen LogP contribution is 2.36. The molecule has 4 rings (SSSR count). The zero-order valence-electron chi connectivity index (χ0n) is 15.2. The molecule has 0 saturated carbocycles. The number of carbonyl (C=O) groups is 2. The van der Waals surface area contributed by atoms with E-state index in [1.165, 1.54) is 7.11 Å². The van der Waals surface area contributed by atoms with E-state index in [-0.39, 0.29) is 18.0 Å². The number of methoxy groups -OCH3 is 1. The van der Waals surface area contributed by atoms with Crippen molar-refractivity contribution in [2.75, 3.05) is 30.9 Å². The van der Waals surface area contributed by atoms with Crippen molar-refractivity contribution in [1.29, 1.82) is 0 Å². The van der Waals surface area contributed by atoms with E-state index in [0.29, 0.717) is 27.6 Å². The second-order valence-electron chi connectivity index (χ2n) is 6.76. The van der Waals surface area contributed by atoms with Crippen LogP contribution in [0.15, 0.2) is 36.4 Å². The maximum absolute atomic E-state index is 12.8. The summed E-state index contributed by atoms with van der Waals surface area (Å²) in [6, 6.07) is 10.2. The van der Waals surface area contributed by atoms with E-state index in [9.17, 15) is 9.59 Å². The Balaban J connectivity index is 1.65. The summed E-state index contributed by atoms with van der Waals surface area (Å²) in [6.45, 7) is 0.782. The summed E-state index contributed by atoms with van der Waals surface area (Å²) < 4.78 is 5.27. The molecule has 6 nitrogen and oxygen atoms in total. The summed E-state index contributed by atoms with van der Waals surface area (Å²) in [6.07, 6.45) is 2.00. The van der Waals surface area contributed by atoms with Gasteiger partial charge in [0.05, 0.1) is 24.0 Å². The third kappa shape index (κ3) is 3.00. The molecule has 2 aromatic carbocycles. The molecule has 0 bridgehead atoms. The fourth-order valence-electron chi connectivity index (χ4n) is 3.82. The maximum Gasteiger partial charge on any atom is 0.257 e. The van der Waals surface area contributed by atoms with Gasteiger partial charge in [0.2, 0.25) is 0 Å². The topological polar surface area (TPSA) is 61.9 Å². The molecular formula is C20H20ClN3O3.